The molecule has 126 valence electrons. The Hall–Kier alpha value is -1.42. The molecule has 0 aliphatic heterocycles. The number of thiophene rings is 1. The quantitative estimate of drug-likeness (QED) is 0.704. The van der Waals surface area contributed by atoms with Gasteiger partial charge in [0.1, 0.15) is 11.4 Å². The number of rotatable bonds is 2. The molecular formula is C13H11BrF4N2O2S. The Morgan fingerprint density at radius 2 is 1.83 bits per heavy atom. The smallest absolute Gasteiger partial charge is 0.292 e. The Labute approximate surface area is 140 Å². The van der Waals surface area contributed by atoms with Crippen LogP contribution in [-0.2, 0) is 13.2 Å². The molecule has 2 rings (SSSR count). The van der Waals surface area contributed by atoms with Gasteiger partial charge in [0, 0.05) is 18.0 Å². The average Bonchev–Trinajstić information content (AvgIpc) is 2.70. The lowest BCUT2D eigenvalue weighted by molar-refractivity contribution is -0.144. The lowest BCUT2D eigenvalue weighted by atomic mass is 10.2. The van der Waals surface area contributed by atoms with Crippen molar-refractivity contribution in [3.63, 3.8) is 0 Å². The van der Waals surface area contributed by atoms with E-state index in [0.29, 0.717) is 9.44 Å². The summed E-state index contributed by atoms with van der Waals surface area (Å²) in [5, 5.41) is -0.820. The van der Waals surface area contributed by atoms with Gasteiger partial charge in [0.25, 0.3) is 5.56 Å². The Balaban J connectivity index is 2.85. The van der Waals surface area contributed by atoms with Gasteiger partial charge in [0.2, 0.25) is 5.13 Å². The van der Waals surface area contributed by atoms with Crippen LogP contribution in [0.2, 0.25) is 0 Å². The maximum absolute atomic E-state index is 14.2. The van der Waals surface area contributed by atoms with Gasteiger partial charge >= 0.3 is 11.9 Å². The third-order valence-electron chi connectivity index (χ3n) is 3.17. The Morgan fingerprint density at radius 3 is 2.26 bits per heavy atom. The van der Waals surface area contributed by atoms with Gasteiger partial charge in [-0.3, -0.25) is 9.36 Å². The van der Waals surface area contributed by atoms with Crippen molar-refractivity contribution in [3.05, 3.63) is 47.1 Å². The molecule has 0 radical (unpaired) electrons. The van der Waals surface area contributed by atoms with E-state index in [1.54, 1.807) is 13.8 Å². The first-order valence-corrected chi connectivity index (χ1v) is 7.96. The van der Waals surface area contributed by atoms with Gasteiger partial charge in [-0.15, -0.1) is 11.3 Å². The maximum Gasteiger partial charge on any atom is 0.431 e. The summed E-state index contributed by atoms with van der Waals surface area (Å²) in [5.41, 5.74) is -4.26. The van der Waals surface area contributed by atoms with Crippen molar-refractivity contribution >= 4 is 27.3 Å². The number of hydrogen-bond donors (Lipinski definition) is 0. The van der Waals surface area contributed by atoms with Crippen LogP contribution in [-0.4, -0.2) is 9.13 Å². The summed E-state index contributed by atoms with van der Waals surface area (Å²) in [7, 11) is 0.878. The molecule has 0 saturated carbocycles. The van der Waals surface area contributed by atoms with Gasteiger partial charge in [0.05, 0.1) is 4.47 Å². The van der Waals surface area contributed by atoms with Crippen LogP contribution in [0.5, 0.6) is 0 Å². The minimum atomic E-state index is -4.86. The Morgan fingerprint density at radius 1 is 1.26 bits per heavy atom. The molecule has 0 fully saturated rings. The number of halogens is 5. The van der Waals surface area contributed by atoms with Gasteiger partial charge in [-0.2, -0.15) is 17.6 Å². The molecule has 0 saturated heterocycles. The standard InChI is InChI=1S/C13H11BrF4N2O2S/c1-5(2)10-8(14)9(11(15)23-10)20-7(21)4-6(13(16,17)18)19(3)12(20)22/h4-5H,1-3H3. The second kappa shape index (κ2) is 5.90. The molecule has 2 aromatic heterocycles. The monoisotopic (exact) mass is 414 g/mol. The summed E-state index contributed by atoms with van der Waals surface area (Å²) in [5.74, 6) is -0.0911. The van der Waals surface area contributed by atoms with Crippen LogP contribution < -0.4 is 11.2 Å². The molecule has 10 heteroatoms. The fourth-order valence-electron chi connectivity index (χ4n) is 2.05. The van der Waals surface area contributed by atoms with Crippen molar-refractivity contribution in [1.29, 1.82) is 0 Å². The third kappa shape index (κ3) is 3.01. The Kier molecular flexibility index (Phi) is 4.60. The van der Waals surface area contributed by atoms with Gasteiger partial charge in [-0.1, -0.05) is 13.8 Å². The second-order valence-corrected chi connectivity index (χ2v) is 6.90. The molecule has 2 aromatic rings. The zero-order valence-corrected chi connectivity index (χ0v) is 14.6. The minimum absolute atomic E-state index is 0.0911. The predicted octanol–water partition coefficient (Wildman–Crippen LogP) is 3.64. The molecule has 0 amide bonds. The van der Waals surface area contributed by atoms with E-state index in [2.05, 4.69) is 15.9 Å². The van der Waals surface area contributed by atoms with Gasteiger partial charge in [-0.05, 0) is 21.8 Å². The van der Waals surface area contributed by atoms with E-state index in [4.69, 9.17) is 0 Å². The van der Waals surface area contributed by atoms with E-state index in [1.807, 2.05) is 0 Å². The first-order chi connectivity index (χ1) is 10.5. The molecule has 0 aliphatic carbocycles. The van der Waals surface area contributed by atoms with Crippen molar-refractivity contribution in [2.24, 2.45) is 7.05 Å². The number of hydrogen-bond acceptors (Lipinski definition) is 3. The second-order valence-electron chi connectivity index (χ2n) is 5.10. The number of alkyl halides is 3. The zero-order chi connectivity index (χ0) is 17.7. The SMILES string of the molecule is CC(C)c1sc(F)c(-n2c(=O)cc(C(F)(F)F)n(C)c2=O)c1Br. The van der Waals surface area contributed by atoms with Gasteiger partial charge in [0.15, 0.2) is 0 Å². The molecule has 23 heavy (non-hydrogen) atoms. The maximum atomic E-state index is 14.2. The summed E-state index contributed by atoms with van der Waals surface area (Å²) < 4.78 is 53.5. The van der Waals surface area contributed by atoms with Crippen molar-refractivity contribution in [2.75, 3.05) is 0 Å². The fraction of sp³-hybridized carbons (Fsp3) is 0.385. The molecule has 0 spiro atoms. The lowest BCUT2D eigenvalue weighted by Crippen LogP contribution is -2.41. The van der Waals surface area contributed by atoms with Crippen molar-refractivity contribution < 1.29 is 17.6 Å². The van der Waals surface area contributed by atoms with Crippen LogP contribution >= 0.6 is 27.3 Å². The molecule has 0 N–H and O–H groups in total. The number of aromatic nitrogens is 2. The Bertz CT molecular complexity index is 880. The van der Waals surface area contributed by atoms with E-state index in [0.717, 1.165) is 18.4 Å². The molecule has 2 heterocycles. The molecule has 0 aromatic carbocycles. The van der Waals surface area contributed by atoms with E-state index in [9.17, 15) is 27.2 Å². The van der Waals surface area contributed by atoms with Crippen LogP contribution in [0.1, 0.15) is 30.3 Å². The van der Waals surface area contributed by atoms with E-state index >= 15 is 0 Å². The average molecular weight is 415 g/mol. The highest BCUT2D eigenvalue weighted by Crippen LogP contribution is 2.38. The van der Waals surface area contributed by atoms with Crippen molar-refractivity contribution in [1.82, 2.24) is 9.13 Å². The molecule has 0 unspecified atom stereocenters. The van der Waals surface area contributed by atoms with Gasteiger partial charge in [-0.25, -0.2) is 9.36 Å². The van der Waals surface area contributed by atoms with Crippen LogP contribution in [0.25, 0.3) is 5.69 Å². The van der Waals surface area contributed by atoms with E-state index in [-0.39, 0.29) is 26.7 Å². The normalized spacial score (nSPS) is 12.2. The molecule has 0 bridgehead atoms. The lowest BCUT2D eigenvalue weighted by Gasteiger charge is -2.13. The molecular weight excluding hydrogens is 404 g/mol. The topological polar surface area (TPSA) is 44.0 Å². The van der Waals surface area contributed by atoms with Crippen LogP contribution in [0.15, 0.2) is 20.1 Å². The summed E-state index contributed by atoms with van der Waals surface area (Å²) in [4.78, 5) is 24.7. The molecule has 0 aliphatic rings. The zero-order valence-electron chi connectivity index (χ0n) is 12.2. The van der Waals surface area contributed by atoms with E-state index < -0.39 is 28.3 Å². The van der Waals surface area contributed by atoms with Crippen LogP contribution in [0, 0.1) is 5.13 Å². The predicted molar refractivity (Wildman–Crippen MR) is 81.9 cm³/mol. The first-order valence-electron chi connectivity index (χ1n) is 6.35. The van der Waals surface area contributed by atoms with Gasteiger partial charge < -0.3 is 0 Å². The largest absolute Gasteiger partial charge is 0.431 e. The third-order valence-corrected chi connectivity index (χ3v) is 5.50. The highest BCUT2D eigenvalue weighted by molar-refractivity contribution is 9.10. The van der Waals surface area contributed by atoms with Crippen LogP contribution in [0.4, 0.5) is 17.6 Å². The summed E-state index contributed by atoms with van der Waals surface area (Å²) >= 11 is 3.86. The summed E-state index contributed by atoms with van der Waals surface area (Å²) in [6.07, 6.45) is -4.86. The van der Waals surface area contributed by atoms with Crippen molar-refractivity contribution in [3.8, 4) is 5.69 Å². The summed E-state index contributed by atoms with van der Waals surface area (Å²) in [6.45, 7) is 3.57. The van der Waals surface area contributed by atoms with Crippen LogP contribution in [0.3, 0.4) is 0 Å². The number of nitrogens with zero attached hydrogens (tertiary/aromatic N) is 2. The first kappa shape index (κ1) is 17.9. The fourth-order valence-corrected chi connectivity index (χ4v) is 4.14. The van der Waals surface area contributed by atoms with Crippen molar-refractivity contribution in [2.45, 2.75) is 25.9 Å². The molecule has 0 atom stereocenters. The minimum Gasteiger partial charge on any atom is -0.292 e. The summed E-state index contributed by atoms with van der Waals surface area (Å²) in [6, 6.07) is 0.278. The highest BCUT2D eigenvalue weighted by atomic mass is 79.9. The highest BCUT2D eigenvalue weighted by Gasteiger charge is 2.35. The van der Waals surface area contributed by atoms with E-state index in [1.165, 1.54) is 0 Å². The molecule has 4 nitrogen and oxygen atoms in total.